The van der Waals surface area contributed by atoms with E-state index in [9.17, 15) is 22.8 Å². The highest BCUT2D eigenvalue weighted by molar-refractivity contribution is 5.99. The lowest BCUT2D eigenvalue weighted by molar-refractivity contribution is -0.139. The summed E-state index contributed by atoms with van der Waals surface area (Å²) in [6.07, 6.45) is 0.319. The molecule has 2 aromatic carbocycles. The van der Waals surface area contributed by atoms with Crippen LogP contribution in [0.5, 0.6) is 11.5 Å². The number of nitrogens with two attached hydrogens (primary N) is 2. The van der Waals surface area contributed by atoms with Gasteiger partial charge in [-0.25, -0.2) is 9.37 Å². The number of hydrogen-bond donors (Lipinski definition) is 3. The fourth-order valence-electron chi connectivity index (χ4n) is 5.69. The molecule has 2 aliphatic carbocycles. The van der Waals surface area contributed by atoms with Crippen LogP contribution in [-0.2, 0) is 16.4 Å². The number of anilines is 1. The zero-order chi connectivity index (χ0) is 33.0. The number of carbonyl (C=O) groups is 2. The number of carbonyl (C=O) groups excluding carboxylic acids is 2. The predicted molar refractivity (Wildman–Crippen MR) is 162 cm³/mol. The SMILES string of the molecule is COc1cc(C(=O)NC[C@H](c2cc3c(c(-c4cccc(C(F)(F)F)c4F)n2)OC[C@]3(C)C(N)=O)C2CC2)cc(C=NC2CC2)c1N. The summed E-state index contributed by atoms with van der Waals surface area (Å²) in [4.78, 5) is 35.1. The first-order valence-corrected chi connectivity index (χ1v) is 14.9. The maximum Gasteiger partial charge on any atom is 0.419 e. The molecule has 13 heteroatoms. The molecule has 0 saturated heterocycles. The first-order valence-electron chi connectivity index (χ1n) is 14.9. The van der Waals surface area contributed by atoms with Gasteiger partial charge in [0.2, 0.25) is 5.91 Å². The molecule has 2 fully saturated rings. The molecule has 5 N–H and O–H groups in total. The minimum atomic E-state index is -4.95. The van der Waals surface area contributed by atoms with E-state index in [1.807, 2.05) is 0 Å². The maximum atomic E-state index is 15.5. The molecule has 2 saturated carbocycles. The molecule has 46 heavy (non-hydrogen) atoms. The van der Waals surface area contributed by atoms with Gasteiger partial charge >= 0.3 is 6.18 Å². The minimum absolute atomic E-state index is 0.00350. The smallest absolute Gasteiger partial charge is 0.419 e. The van der Waals surface area contributed by atoms with Crippen LogP contribution in [0.15, 0.2) is 41.4 Å². The molecule has 3 aliphatic rings. The molecule has 242 valence electrons. The number of pyridine rings is 1. The highest BCUT2D eigenvalue weighted by Crippen LogP contribution is 2.49. The third kappa shape index (κ3) is 5.85. The van der Waals surface area contributed by atoms with Gasteiger partial charge in [-0.2, -0.15) is 13.2 Å². The Bertz CT molecular complexity index is 1750. The van der Waals surface area contributed by atoms with E-state index in [0.29, 0.717) is 39.9 Å². The lowest BCUT2D eigenvalue weighted by Crippen LogP contribution is -2.40. The van der Waals surface area contributed by atoms with Crippen LogP contribution in [0.25, 0.3) is 11.3 Å². The van der Waals surface area contributed by atoms with Crippen LogP contribution in [0.1, 0.15) is 71.3 Å². The fourth-order valence-corrected chi connectivity index (χ4v) is 5.69. The van der Waals surface area contributed by atoms with Gasteiger partial charge in [0.15, 0.2) is 0 Å². The van der Waals surface area contributed by atoms with Crippen molar-refractivity contribution in [3.63, 3.8) is 0 Å². The molecule has 0 spiro atoms. The van der Waals surface area contributed by atoms with Gasteiger partial charge in [-0.1, -0.05) is 6.07 Å². The van der Waals surface area contributed by atoms with E-state index in [-0.39, 0.29) is 36.6 Å². The highest BCUT2D eigenvalue weighted by Gasteiger charge is 2.46. The molecule has 6 rings (SSSR count). The largest absolute Gasteiger partial charge is 0.495 e. The number of methoxy groups -OCH3 is 1. The Balaban J connectivity index is 1.37. The number of alkyl halides is 3. The van der Waals surface area contributed by atoms with Crippen LogP contribution in [0.2, 0.25) is 0 Å². The average molecular weight is 640 g/mol. The van der Waals surface area contributed by atoms with Gasteiger partial charge in [0.25, 0.3) is 5.91 Å². The van der Waals surface area contributed by atoms with Crippen LogP contribution in [0, 0.1) is 11.7 Å². The molecular formula is C33H33F4N5O4. The number of aromatic nitrogens is 1. The van der Waals surface area contributed by atoms with Gasteiger partial charge in [0.05, 0.1) is 24.4 Å². The topological polar surface area (TPSA) is 142 Å². The number of hydrogen-bond acceptors (Lipinski definition) is 7. The predicted octanol–water partition coefficient (Wildman–Crippen LogP) is 5.14. The third-order valence-corrected chi connectivity index (χ3v) is 8.88. The molecule has 1 aliphatic heterocycles. The quantitative estimate of drug-likeness (QED) is 0.159. The van der Waals surface area contributed by atoms with E-state index in [1.54, 1.807) is 25.3 Å². The minimum Gasteiger partial charge on any atom is -0.495 e. The summed E-state index contributed by atoms with van der Waals surface area (Å²) in [5.74, 6) is -2.65. The number of nitrogens with one attached hydrogen (secondary N) is 1. The third-order valence-electron chi connectivity index (χ3n) is 8.88. The summed E-state index contributed by atoms with van der Waals surface area (Å²) in [5, 5.41) is 2.94. The Morgan fingerprint density at radius 2 is 1.96 bits per heavy atom. The van der Waals surface area contributed by atoms with E-state index < -0.39 is 46.3 Å². The number of nitrogens with zero attached hydrogens (tertiary/aromatic N) is 2. The second-order valence-corrected chi connectivity index (χ2v) is 12.3. The number of ether oxygens (including phenoxy) is 2. The van der Waals surface area contributed by atoms with Crippen molar-refractivity contribution in [1.82, 2.24) is 10.3 Å². The number of fused-ring (bicyclic) bond motifs is 1. The maximum absolute atomic E-state index is 15.5. The molecule has 9 nitrogen and oxygen atoms in total. The monoisotopic (exact) mass is 639 g/mol. The Morgan fingerprint density at radius 3 is 2.59 bits per heavy atom. The Labute approximate surface area is 262 Å². The Morgan fingerprint density at radius 1 is 1.22 bits per heavy atom. The summed E-state index contributed by atoms with van der Waals surface area (Å²) >= 11 is 0. The van der Waals surface area contributed by atoms with Crippen LogP contribution in [0.3, 0.4) is 0 Å². The average Bonchev–Trinajstić information content (AvgIpc) is 3.95. The van der Waals surface area contributed by atoms with Gasteiger partial charge in [0.1, 0.15) is 35.0 Å². The van der Waals surface area contributed by atoms with Crippen LogP contribution < -0.4 is 26.3 Å². The van der Waals surface area contributed by atoms with Crippen molar-refractivity contribution >= 4 is 23.7 Å². The standard InChI is InChI=1S/C33H33F4N5O4/c1-32(31(39)44)15-46-29-23(32)12-24(42-28(29)20-4-3-5-22(26(20)34)33(35,36)37)21(16-6-7-16)14-41-30(43)17-10-18(13-40-19-8-9-19)27(38)25(11-17)45-2/h3-5,10-13,16,19,21H,6-9,14-15,38H2,1-2H3,(H2,39,44)(H,41,43)/t21-,32-/m0/s1. The van der Waals surface area contributed by atoms with E-state index in [4.69, 9.17) is 20.9 Å². The summed E-state index contributed by atoms with van der Waals surface area (Å²) < 4.78 is 67.6. The van der Waals surface area contributed by atoms with Gasteiger partial charge in [-0.15, -0.1) is 0 Å². The lowest BCUT2D eigenvalue weighted by Gasteiger charge is -2.23. The summed E-state index contributed by atoms with van der Waals surface area (Å²) in [7, 11) is 1.45. The second kappa shape index (κ2) is 11.6. The van der Waals surface area contributed by atoms with Gasteiger partial charge < -0.3 is 26.3 Å². The first-order chi connectivity index (χ1) is 21.8. The number of rotatable bonds is 10. The molecule has 0 unspecified atom stereocenters. The van der Waals surface area contributed by atoms with E-state index >= 15 is 4.39 Å². The second-order valence-electron chi connectivity index (χ2n) is 12.3. The lowest BCUT2D eigenvalue weighted by atomic mass is 9.82. The molecular weight excluding hydrogens is 606 g/mol. The fraction of sp³-hybridized carbons (Fsp3) is 0.394. The summed E-state index contributed by atoms with van der Waals surface area (Å²) in [6, 6.07) is 7.97. The van der Waals surface area contributed by atoms with Crippen molar-refractivity contribution in [2.24, 2.45) is 16.6 Å². The van der Waals surface area contributed by atoms with Crippen molar-refractivity contribution in [3.05, 3.63) is 70.2 Å². The van der Waals surface area contributed by atoms with Crippen molar-refractivity contribution in [1.29, 1.82) is 0 Å². The van der Waals surface area contributed by atoms with Crippen LogP contribution in [-0.4, -0.2) is 49.3 Å². The van der Waals surface area contributed by atoms with E-state index in [0.717, 1.165) is 31.7 Å². The van der Waals surface area contributed by atoms with Crippen LogP contribution in [0.4, 0.5) is 23.2 Å². The molecule has 2 atom stereocenters. The molecule has 2 amide bonds. The summed E-state index contributed by atoms with van der Waals surface area (Å²) in [5.41, 5.74) is 10.5. The van der Waals surface area contributed by atoms with Crippen molar-refractivity contribution < 1.29 is 36.6 Å². The van der Waals surface area contributed by atoms with Gasteiger partial charge in [-0.05, 0) is 68.9 Å². The molecule has 2 heterocycles. The zero-order valence-electron chi connectivity index (χ0n) is 25.2. The van der Waals surface area contributed by atoms with Crippen LogP contribution >= 0.6 is 0 Å². The van der Waals surface area contributed by atoms with Crippen molar-refractivity contribution in [2.45, 2.75) is 56.2 Å². The highest BCUT2D eigenvalue weighted by atomic mass is 19.4. The van der Waals surface area contributed by atoms with E-state index in [2.05, 4.69) is 15.3 Å². The molecule has 3 aromatic rings. The Kier molecular flexibility index (Phi) is 7.89. The number of nitrogen functional groups attached to an aromatic ring is 1. The van der Waals surface area contributed by atoms with Gasteiger partial charge in [-0.3, -0.25) is 14.6 Å². The molecule has 1 aromatic heterocycles. The number of benzene rings is 2. The number of primary amides is 1. The normalized spacial score (nSPS) is 19.9. The Hall–Kier alpha value is -4.68. The number of halogens is 4. The van der Waals surface area contributed by atoms with Crippen molar-refractivity contribution in [3.8, 4) is 22.8 Å². The summed E-state index contributed by atoms with van der Waals surface area (Å²) in [6.45, 7) is 1.47. The number of aliphatic imine (C=N–C) groups is 1. The van der Waals surface area contributed by atoms with Gasteiger partial charge in [0, 0.05) is 46.6 Å². The number of amides is 2. The zero-order valence-corrected chi connectivity index (χ0v) is 25.2. The van der Waals surface area contributed by atoms with Crippen molar-refractivity contribution in [2.75, 3.05) is 26.0 Å². The van der Waals surface area contributed by atoms with E-state index in [1.165, 1.54) is 19.2 Å². The molecule has 0 radical (unpaired) electrons. The molecule has 0 bridgehead atoms. The first kappa shape index (κ1) is 31.3.